The van der Waals surface area contributed by atoms with Gasteiger partial charge in [0.2, 0.25) is 0 Å². The van der Waals surface area contributed by atoms with Gasteiger partial charge >= 0.3 is 0 Å². The maximum Gasteiger partial charge on any atom is 0.0665 e. The maximum atomic E-state index is 9.27. The molecule has 1 nitrogen and oxygen atoms in total. The van der Waals surface area contributed by atoms with Gasteiger partial charge in [0, 0.05) is 4.83 Å². The molecule has 0 amide bonds. The molecule has 0 rings (SSSR count). The summed E-state index contributed by atoms with van der Waals surface area (Å²) in [5.41, 5.74) is 0. The van der Waals surface area contributed by atoms with Crippen molar-refractivity contribution in [1.82, 2.24) is 0 Å². The van der Waals surface area contributed by atoms with Gasteiger partial charge in [-0.1, -0.05) is 36.2 Å². The number of alkyl halides is 1. The molecule has 0 aliphatic heterocycles. The van der Waals surface area contributed by atoms with E-state index in [1.165, 1.54) is 0 Å². The normalized spacial score (nSPS) is 17.3. The molecule has 0 saturated carbocycles. The Morgan fingerprint density at radius 1 is 1.44 bits per heavy atom. The molecule has 0 aromatic heterocycles. The van der Waals surface area contributed by atoms with E-state index in [2.05, 4.69) is 29.8 Å². The van der Waals surface area contributed by atoms with Gasteiger partial charge in [0.1, 0.15) is 0 Å². The largest absolute Gasteiger partial charge is 0.392 e. The van der Waals surface area contributed by atoms with Gasteiger partial charge in [-0.15, -0.1) is 0 Å². The van der Waals surface area contributed by atoms with Crippen molar-refractivity contribution >= 4 is 15.9 Å². The van der Waals surface area contributed by atoms with Crippen molar-refractivity contribution in [3.05, 3.63) is 0 Å². The third-order valence-corrected chi connectivity index (χ3v) is 2.65. The highest BCUT2D eigenvalue weighted by molar-refractivity contribution is 9.09. The zero-order chi connectivity index (χ0) is 7.28. The second-order valence-electron chi connectivity index (χ2n) is 2.28. The minimum Gasteiger partial charge on any atom is -0.392 e. The summed E-state index contributed by atoms with van der Waals surface area (Å²) in [6, 6.07) is 0. The van der Waals surface area contributed by atoms with Crippen LogP contribution in [0.4, 0.5) is 0 Å². The van der Waals surface area contributed by atoms with Crippen molar-refractivity contribution in [2.24, 2.45) is 0 Å². The summed E-state index contributed by atoms with van der Waals surface area (Å²) in [5.74, 6) is 0. The Bertz CT molecular complexity index is 65.9. The monoisotopic (exact) mass is 194 g/mol. The Morgan fingerprint density at radius 3 is 2.33 bits per heavy atom. The lowest BCUT2D eigenvalue weighted by molar-refractivity contribution is 0.160. The smallest absolute Gasteiger partial charge is 0.0665 e. The predicted molar refractivity (Wildman–Crippen MR) is 43.9 cm³/mol. The quantitative estimate of drug-likeness (QED) is 0.682. The highest BCUT2D eigenvalue weighted by atomic mass is 79.9. The van der Waals surface area contributed by atoms with Crippen LogP contribution in [-0.4, -0.2) is 16.0 Å². The van der Waals surface area contributed by atoms with E-state index < -0.39 is 0 Å². The third-order valence-electron chi connectivity index (χ3n) is 1.39. The van der Waals surface area contributed by atoms with Gasteiger partial charge in [-0.2, -0.15) is 0 Å². The van der Waals surface area contributed by atoms with E-state index in [1.807, 2.05) is 0 Å². The SMILES string of the molecule is CCCC(O)C(Br)CC. The first-order chi connectivity index (χ1) is 4.22. The average Bonchev–Trinajstić information content (AvgIpc) is 1.87. The fraction of sp³-hybridized carbons (Fsp3) is 1.00. The van der Waals surface area contributed by atoms with Crippen molar-refractivity contribution in [1.29, 1.82) is 0 Å². The van der Waals surface area contributed by atoms with E-state index in [0.29, 0.717) is 0 Å². The van der Waals surface area contributed by atoms with Crippen LogP contribution in [0.1, 0.15) is 33.1 Å². The van der Waals surface area contributed by atoms with E-state index in [4.69, 9.17) is 0 Å². The standard InChI is InChI=1S/C7H15BrO/c1-3-5-7(9)6(8)4-2/h6-7,9H,3-5H2,1-2H3. The van der Waals surface area contributed by atoms with Crippen LogP contribution in [0, 0.1) is 0 Å². The Labute approximate surface area is 65.6 Å². The van der Waals surface area contributed by atoms with Crippen LogP contribution < -0.4 is 0 Å². The lowest BCUT2D eigenvalue weighted by Crippen LogP contribution is -2.18. The molecule has 9 heavy (non-hydrogen) atoms. The topological polar surface area (TPSA) is 20.2 Å². The minimum absolute atomic E-state index is 0.153. The Balaban J connectivity index is 3.32. The van der Waals surface area contributed by atoms with Crippen molar-refractivity contribution in [3.63, 3.8) is 0 Å². The average molecular weight is 195 g/mol. The number of halogens is 1. The van der Waals surface area contributed by atoms with Crippen LogP contribution in [0.25, 0.3) is 0 Å². The van der Waals surface area contributed by atoms with Gasteiger partial charge in [0.05, 0.1) is 6.10 Å². The molecule has 0 bridgehead atoms. The van der Waals surface area contributed by atoms with Gasteiger partial charge in [0.15, 0.2) is 0 Å². The summed E-state index contributed by atoms with van der Waals surface area (Å²) in [6.07, 6.45) is 2.81. The molecular weight excluding hydrogens is 180 g/mol. The highest BCUT2D eigenvalue weighted by Crippen LogP contribution is 2.13. The summed E-state index contributed by atoms with van der Waals surface area (Å²) in [5, 5.41) is 9.27. The molecule has 2 unspecified atom stereocenters. The minimum atomic E-state index is -0.153. The molecule has 0 fully saturated rings. The molecule has 0 spiro atoms. The van der Waals surface area contributed by atoms with Crippen LogP contribution in [0.15, 0.2) is 0 Å². The van der Waals surface area contributed by atoms with E-state index in [0.717, 1.165) is 19.3 Å². The molecule has 2 heteroatoms. The van der Waals surface area contributed by atoms with Gasteiger partial charge in [-0.05, 0) is 12.8 Å². The fourth-order valence-corrected chi connectivity index (χ4v) is 1.01. The van der Waals surface area contributed by atoms with Crippen molar-refractivity contribution in [2.75, 3.05) is 0 Å². The molecule has 2 atom stereocenters. The van der Waals surface area contributed by atoms with E-state index >= 15 is 0 Å². The Morgan fingerprint density at radius 2 is 2.00 bits per heavy atom. The van der Waals surface area contributed by atoms with Crippen LogP contribution in [0.5, 0.6) is 0 Å². The van der Waals surface area contributed by atoms with E-state index in [1.54, 1.807) is 0 Å². The molecule has 0 aromatic rings. The first-order valence-corrected chi connectivity index (χ1v) is 4.46. The van der Waals surface area contributed by atoms with E-state index in [9.17, 15) is 5.11 Å². The number of rotatable bonds is 4. The highest BCUT2D eigenvalue weighted by Gasteiger charge is 2.11. The van der Waals surface area contributed by atoms with E-state index in [-0.39, 0.29) is 10.9 Å². The van der Waals surface area contributed by atoms with Crippen LogP contribution >= 0.6 is 15.9 Å². The predicted octanol–water partition coefficient (Wildman–Crippen LogP) is 2.32. The Hall–Kier alpha value is 0.440. The van der Waals surface area contributed by atoms with Gasteiger partial charge < -0.3 is 5.11 Å². The lowest BCUT2D eigenvalue weighted by atomic mass is 10.1. The molecule has 0 aromatic carbocycles. The van der Waals surface area contributed by atoms with Gasteiger partial charge in [-0.25, -0.2) is 0 Å². The molecule has 0 saturated heterocycles. The molecule has 56 valence electrons. The lowest BCUT2D eigenvalue weighted by Gasteiger charge is -2.13. The second-order valence-corrected chi connectivity index (χ2v) is 3.46. The van der Waals surface area contributed by atoms with Crippen molar-refractivity contribution in [2.45, 2.75) is 44.0 Å². The van der Waals surface area contributed by atoms with Gasteiger partial charge in [-0.3, -0.25) is 0 Å². The maximum absolute atomic E-state index is 9.27. The summed E-state index contributed by atoms with van der Waals surface area (Å²) >= 11 is 3.39. The summed E-state index contributed by atoms with van der Waals surface area (Å²) in [7, 11) is 0. The molecule has 0 aliphatic carbocycles. The fourth-order valence-electron chi connectivity index (χ4n) is 0.749. The Kier molecular flexibility index (Phi) is 5.50. The molecule has 0 radical (unpaired) electrons. The zero-order valence-electron chi connectivity index (χ0n) is 6.10. The van der Waals surface area contributed by atoms with Crippen molar-refractivity contribution in [3.8, 4) is 0 Å². The number of hydrogen-bond acceptors (Lipinski definition) is 1. The first kappa shape index (κ1) is 9.44. The zero-order valence-corrected chi connectivity index (χ0v) is 7.69. The summed E-state index contributed by atoms with van der Waals surface area (Å²) in [4.78, 5) is 0.289. The molecular formula is C7H15BrO. The van der Waals surface area contributed by atoms with Gasteiger partial charge in [0.25, 0.3) is 0 Å². The molecule has 0 heterocycles. The molecule has 0 aliphatic rings. The summed E-state index contributed by atoms with van der Waals surface area (Å²) < 4.78 is 0. The van der Waals surface area contributed by atoms with Crippen LogP contribution in [0.3, 0.4) is 0 Å². The third kappa shape index (κ3) is 3.93. The summed E-state index contributed by atoms with van der Waals surface area (Å²) in [6.45, 7) is 4.15. The number of aliphatic hydroxyl groups excluding tert-OH is 1. The second kappa shape index (κ2) is 5.24. The van der Waals surface area contributed by atoms with Crippen LogP contribution in [0.2, 0.25) is 0 Å². The number of aliphatic hydroxyl groups is 1. The van der Waals surface area contributed by atoms with Crippen molar-refractivity contribution < 1.29 is 5.11 Å². The van der Waals surface area contributed by atoms with Crippen LogP contribution in [-0.2, 0) is 0 Å². The number of hydrogen-bond donors (Lipinski definition) is 1. The molecule has 1 N–H and O–H groups in total. The first-order valence-electron chi connectivity index (χ1n) is 3.54.